The molecule has 0 aliphatic rings. The van der Waals surface area contributed by atoms with E-state index in [1.54, 1.807) is 0 Å². The van der Waals surface area contributed by atoms with Crippen molar-refractivity contribution in [1.82, 2.24) is 0 Å². The van der Waals surface area contributed by atoms with Crippen molar-refractivity contribution < 1.29 is 28.6 Å². The van der Waals surface area contributed by atoms with Gasteiger partial charge in [-0.05, 0) is 57.8 Å². The van der Waals surface area contributed by atoms with Gasteiger partial charge in [-0.2, -0.15) is 0 Å². The van der Waals surface area contributed by atoms with Crippen LogP contribution in [0.4, 0.5) is 0 Å². The van der Waals surface area contributed by atoms with E-state index in [0.29, 0.717) is 19.3 Å². The second-order valence-electron chi connectivity index (χ2n) is 16.4. The van der Waals surface area contributed by atoms with Crippen LogP contribution in [0.15, 0.2) is 48.6 Å². The van der Waals surface area contributed by atoms with Gasteiger partial charge in [0.25, 0.3) is 0 Å². The molecule has 0 aromatic rings. The summed E-state index contributed by atoms with van der Waals surface area (Å²) in [5.41, 5.74) is 0. The fourth-order valence-corrected chi connectivity index (χ4v) is 6.84. The maximum Gasteiger partial charge on any atom is 0.306 e. The summed E-state index contributed by atoms with van der Waals surface area (Å²) in [7, 11) is 0. The molecule has 0 aromatic heterocycles. The first-order valence-corrected chi connectivity index (χ1v) is 24.6. The molecule has 1 unspecified atom stereocenters. The van der Waals surface area contributed by atoms with E-state index in [0.717, 1.165) is 44.9 Å². The average molecular weight is 813 g/mol. The number of ether oxygens (including phenoxy) is 3. The van der Waals surface area contributed by atoms with E-state index >= 15 is 0 Å². The zero-order valence-electron chi connectivity index (χ0n) is 38.3. The number of carbonyl (C=O) groups is 3. The van der Waals surface area contributed by atoms with Crippen LogP contribution < -0.4 is 0 Å². The lowest BCUT2D eigenvalue weighted by atomic mass is 10.0. The summed E-state index contributed by atoms with van der Waals surface area (Å²) in [4.78, 5) is 37.8. The summed E-state index contributed by atoms with van der Waals surface area (Å²) in [6.07, 6.45) is 55.5. The summed E-state index contributed by atoms with van der Waals surface area (Å²) < 4.78 is 16.6. The molecular formula is C52H92O6. The average Bonchev–Trinajstić information content (AvgIpc) is 3.22. The van der Waals surface area contributed by atoms with E-state index in [2.05, 4.69) is 57.2 Å². The topological polar surface area (TPSA) is 78.9 Å². The smallest absolute Gasteiger partial charge is 0.306 e. The molecule has 0 heterocycles. The van der Waals surface area contributed by atoms with Crippen molar-refractivity contribution in [2.75, 3.05) is 13.2 Å². The molecule has 0 aromatic carbocycles. The molecule has 6 nitrogen and oxygen atoms in total. The number of carbonyl (C=O) groups excluding carboxylic acids is 3. The summed E-state index contributed by atoms with van der Waals surface area (Å²) in [6, 6.07) is 0. The Kier molecular flexibility index (Phi) is 44.9. The quantitative estimate of drug-likeness (QED) is 0.0264. The van der Waals surface area contributed by atoms with Crippen molar-refractivity contribution in [1.29, 1.82) is 0 Å². The van der Waals surface area contributed by atoms with Crippen LogP contribution in [0.3, 0.4) is 0 Å². The van der Waals surface area contributed by atoms with Gasteiger partial charge in [-0.3, -0.25) is 14.4 Å². The number of allylic oxidation sites excluding steroid dienone is 8. The van der Waals surface area contributed by atoms with Crippen molar-refractivity contribution >= 4 is 17.9 Å². The Morgan fingerprint density at radius 2 is 0.655 bits per heavy atom. The van der Waals surface area contributed by atoms with E-state index in [-0.39, 0.29) is 44.0 Å². The fraction of sp³-hybridized carbons (Fsp3) is 0.788. The highest BCUT2D eigenvalue weighted by molar-refractivity contribution is 5.71. The molecule has 0 aliphatic heterocycles. The minimum absolute atomic E-state index is 0.110. The molecular weight excluding hydrogens is 721 g/mol. The summed E-state index contributed by atoms with van der Waals surface area (Å²) >= 11 is 0. The molecule has 0 spiro atoms. The molecule has 0 saturated heterocycles. The molecule has 0 bridgehead atoms. The minimum Gasteiger partial charge on any atom is -0.462 e. The summed E-state index contributed by atoms with van der Waals surface area (Å²) in [6.45, 7) is 6.52. The van der Waals surface area contributed by atoms with Crippen LogP contribution in [0.2, 0.25) is 0 Å². The van der Waals surface area contributed by atoms with Crippen molar-refractivity contribution in [3.05, 3.63) is 48.6 Å². The monoisotopic (exact) mass is 813 g/mol. The lowest BCUT2D eigenvalue weighted by molar-refractivity contribution is -0.166. The zero-order valence-corrected chi connectivity index (χ0v) is 38.3. The molecule has 1 atom stereocenters. The second-order valence-corrected chi connectivity index (χ2v) is 16.4. The molecule has 0 radical (unpaired) electrons. The number of hydrogen-bond donors (Lipinski definition) is 0. The Morgan fingerprint density at radius 3 is 1.05 bits per heavy atom. The van der Waals surface area contributed by atoms with Crippen LogP contribution in [0.1, 0.15) is 245 Å². The van der Waals surface area contributed by atoms with Gasteiger partial charge in [0.05, 0.1) is 0 Å². The van der Waals surface area contributed by atoms with Gasteiger partial charge in [0.1, 0.15) is 13.2 Å². The molecule has 0 aliphatic carbocycles. The Bertz CT molecular complexity index is 1030. The lowest BCUT2D eigenvalue weighted by Gasteiger charge is -2.18. The number of unbranched alkanes of at least 4 members (excludes halogenated alkanes) is 25. The van der Waals surface area contributed by atoms with Crippen LogP contribution in [-0.2, 0) is 28.6 Å². The van der Waals surface area contributed by atoms with Crippen LogP contribution in [-0.4, -0.2) is 37.2 Å². The van der Waals surface area contributed by atoms with E-state index in [1.165, 1.54) is 148 Å². The fourth-order valence-electron chi connectivity index (χ4n) is 6.84. The van der Waals surface area contributed by atoms with Crippen LogP contribution in [0, 0.1) is 0 Å². The zero-order chi connectivity index (χ0) is 42.3. The Labute approximate surface area is 358 Å². The SMILES string of the molecule is CCCCCCCC/C=C/C/C=C/CCC(=O)OCC(COC(=O)CCCCCCCCCCCCCCCC)OC(=O)CC/C=C/C/C=C/CCCCCCCC. The third-order valence-corrected chi connectivity index (χ3v) is 10.6. The third-order valence-electron chi connectivity index (χ3n) is 10.6. The molecule has 58 heavy (non-hydrogen) atoms. The van der Waals surface area contributed by atoms with Crippen molar-refractivity contribution in [2.24, 2.45) is 0 Å². The minimum atomic E-state index is -0.821. The van der Waals surface area contributed by atoms with E-state index < -0.39 is 6.10 Å². The van der Waals surface area contributed by atoms with Crippen molar-refractivity contribution in [2.45, 2.75) is 252 Å². The van der Waals surface area contributed by atoms with Gasteiger partial charge in [0.15, 0.2) is 6.10 Å². The normalized spacial score (nSPS) is 12.4. The van der Waals surface area contributed by atoms with Crippen molar-refractivity contribution in [3.63, 3.8) is 0 Å². The largest absolute Gasteiger partial charge is 0.462 e. The van der Waals surface area contributed by atoms with Gasteiger partial charge in [0, 0.05) is 19.3 Å². The molecule has 0 fully saturated rings. The highest BCUT2D eigenvalue weighted by Crippen LogP contribution is 2.14. The molecule has 0 amide bonds. The van der Waals surface area contributed by atoms with E-state index in [1.807, 2.05) is 12.2 Å². The number of esters is 3. The van der Waals surface area contributed by atoms with Crippen LogP contribution in [0.5, 0.6) is 0 Å². The Balaban J connectivity index is 4.49. The van der Waals surface area contributed by atoms with E-state index in [9.17, 15) is 14.4 Å². The first kappa shape index (κ1) is 55.4. The predicted octanol–water partition coefficient (Wildman–Crippen LogP) is 15.9. The second kappa shape index (κ2) is 47.1. The Morgan fingerprint density at radius 1 is 0.345 bits per heavy atom. The standard InChI is InChI=1S/C52H92O6/c1-4-7-10-13-16-19-22-25-28-30-33-36-39-42-45-51(54)57-48-49(58-52(55)46-43-40-37-34-31-27-24-21-18-15-12-9-6-3)47-56-50(53)44-41-38-35-32-29-26-23-20-17-14-11-8-5-2/h26-27,29,31,35,37-38,40,49H,4-25,28,30,32-34,36,39,41-48H2,1-3H3/b29-26+,31-27+,38-35+,40-37+. The van der Waals surface area contributed by atoms with Gasteiger partial charge < -0.3 is 14.2 Å². The maximum atomic E-state index is 12.7. The van der Waals surface area contributed by atoms with Gasteiger partial charge in [-0.1, -0.05) is 217 Å². The van der Waals surface area contributed by atoms with Crippen LogP contribution in [0.25, 0.3) is 0 Å². The molecule has 0 rings (SSSR count). The number of hydrogen-bond acceptors (Lipinski definition) is 6. The molecule has 336 valence electrons. The molecule has 0 N–H and O–H groups in total. The number of rotatable bonds is 44. The summed E-state index contributed by atoms with van der Waals surface area (Å²) in [5, 5.41) is 0. The van der Waals surface area contributed by atoms with Gasteiger partial charge in [-0.15, -0.1) is 0 Å². The first-order chi connectivity index (χ1) is 28.5. The first-order valence-electron chi connectivity index (χ1n) is 24.6. The van der Waals surface area contributed by atoms with Crippen molar-refractivity contribution in [3.8, 4) is 0 Å². The Hall–Kier alpha value is -2.63. The molecule has 0 saturated carbocycles. The lowest BCUT2D eigenvalue weighted by Crippen LogP contribution is -2.30. The van der Waals surface area contributed by atoms with Crippen LogP contribution >= 0.6 is 0 Å². The molecule has 6 heteroatoms. The third kappa shape index (κ3) is 44.5. The summed E-state index contributed by atoms with van der Waals surface area (Å²) in [5.74, 6) is -1.05. The van der Waals surface area contributed by atoms with Gasteiger partial charge in [0.2, 0.25) is 0 Å². The predicted molar refractivity (Wildman–Crippen MR) is 247 cm³/mol. The highest BCUT2D eigenvalue weighted by Gasteiger charge is 2.19. The highest BCUT2D eigenvalue weighted by atomic mass is 16.6. The van der Waals surface area contributed by atoms with Gasteiger partial charge >= 0.3 is 17.9 Å². The maximum absolute atomic E-state index is 12.7. The van der Waals surface area contributed by atoms with Gasteiger partial charge in [-0.25, -0.2) is 0 Å². The van der Waals surface area contributed by atoms with E-state index in [4.69, 9.17) is 14.2 Å².